The molecular weight excluding hydrogens is 219 g/mol. The summed E-state index contributed by atoms with van der Waals surface area (Å²) in [6, 6.07) is 7.16. The highest BCUT2D eigenvalue weighted by Gasteiger charge is 2.25. The highest BCUT2D eigenvalue weighted by atomic mass is 32.3. The third-order valence-electron chi connectivity index (χ3n) is 2.48. The Kier molecular flexibility index (Phi) is 2.65. The van der Waals surface area contributed by atoms with Crippen LogP contribution in [0.15, 0.2) is 24.3 Å². The van der Waals surface area contributed by atoms with E-state index in [1.165, 1.54) is 0 Å². The van der Waals surface area contributed by atoms with Gasteiger partial charge in [0.05, 0.1) is 12.4 Å². The monoisotopic (exact) mass is 230 g/mol. The zero-order valence-corrected chi connectivity index (χ0v) is 8.84. The third-order valence-corrected chi connectivity index (χ3v) is 3.28. The number of ether oxygens (including phenoxy) is 1. The molecule has 15 heavy (non-hydrogen) atoms. The summed E-state index contributed by atoms with van der Waals surface area (Å²) >= 11 is 0. The van der Waals surface area contributed by atoms with Crippen molar-refractivity contribution in [2.24, 2.45) is 0 Å². The van der Waals surface area contributed by atoms with Gasteiger partial charge in [-0.15, -0.1) is 3.89 Å². The van der Waals surface area contributed by atoms with Crippen LogP contribution in [0.5, 0.6) is 5.75 Å². The molecule has 0 aromatic heterocycles. The fourth-order valence-electron chi connectivity index (χ4n) is 1.83. The number of halogens is 1. The maximum absolute atomic E-state index is 12.6. The number of rotatable bonds is 2. The Morgan fingerprint density at radius 1 is 1.40 bits per heavy atom. The van der Waals surface area contributed by atoms with Gasteiger partial charge in [0.1, 0.15) is 5.75 Å². The molecular formula is C10H11FO3S. The van der Waals surface area contributed by atoms with E-state index in [1.54, 1.807) is 18.2 Å². The number of hydrogen-bond donors (Lipinski definition) is 0. The van der Waals surface area contributed by atoms with Crippen LogP contribution in [0, 0.1) is 0 Å². The standard InChI is InChI=1S/C10H11FO3S/c11-15(12,13)7-8-5-6-14-10-4-2-1-3-9(8)10/h1-4,8H,5-7H2. The minimum Gasteiger partial charge on any atom is -0.493 e. The van der Waals surface area contributed by atoms with E-state index in [2.05, 4.69) is 0 Å². The van der Waals surface area contributed by atoms with Crippen LogP contribution in [0.4, 0.5) is 3.89 Å². The van der Waals surface area contributed by atoms with Crippen LogP contribution < -0.4 is 4.74 Å². The van der Waals surface area contributed by atoms with Crippen molar-refractivity contribution in [1.29, 1.82) is 0 Å². The van der Waals surface area contributed by atoms with Crippen molar-refractivity contribution in [2.45, 2.75) is 12.3 Å². The molecule has 0 fully saturated rings. The molecule has 0 saturated heterocycles. The molecule has 82 valence electrons. The molecule has 0 aliphatic carbocycles. The van der Waals surface area contributed by atoms with Crippen molar-refractivity contribution in [3.8, 4) is 5.75 Å². The molecule has 1 aromatic rings. The Morgan fingerprint density at radius 3 is 2.87 bits per heavy atom. The van der Waals surface area contributed by atoms with E-state index in [-0.39, 0.29) is 5.92 Å². The molecule has 1 aromatic carbocycles. The molecule has 2 rings (SSSR count). The molecule has 1 heterocycles. The van der Waals surface area contributed by atoms with Crippen molar-refractivity contribution in [3.05, 3.63) is 29.8 Å². The predicted octanol–water partition coefficient (Wildman–Crippen LogP) is 1.85. The number of hydrogen-bond acceptors (Lipinski definition) is 3. The first kappa shape index (κ1) is 10.4. The first-order valence-electron chi connectivity index (χ1n) is 4.70. The van der Waals surface area contributed by atoms with Gasteiger partial charge in [-0.3, -0.25) is 0 Å². The molecule has 5 heteroatoms. The Bertz CT molecular complexity index is 455. The average Bonchev–Trinajstić information content (AvgIpc) is 2.16. The lowest BCUT2D eigenvalue weighted by Crippen LogP contribution is -2.19. The largest absolute Gasteiger partial charge is 0.493 e. The van der Waals surface area contributed by atoms with Crippen LogP contribution >= 0.6 is 0 Å². The Labute approximate surface area is 88.1 Å². The summed E-state index contributed by atoms with van der Waals surface area (Å²) < 4.78 is 39.2. The first-order chi connectivity index (χ1) is 7.06. The summed E-state index contributed by atoms with van der Waals surface area (Å²) in [5.74, 6) is -0.0738. The lowest BCUT2D eigenvalue weighted by Gasteiger charge is -2.24. The second-order valence-corrected chi connectivity index (χ2v) is 4.99. The summed E-state index contributed by atoms with van der Waals surface area (Å²) in [7, 11) is -4.42. The number of para-hydroxylation sites is 1. The SMILES string of the molecule is O=S(=O)(F)CC1CCOc2ccccc21. The number of fused-ring (bicyclic) bond motifs is 1. The van der Waals surface area contributed by atoms with Crippen LogP contribution in [0.2, 0.25) is 0 Å². The summed E-state index contributed by atoms with van der Waals surface area (Å²) in [5, 5.41) is 0. The molecule has 0 radical (unpaired) electrons. The first-order valence-corrected chi connectivity index (χ1v) is 6.25. The van der Waals surface area contributed by atoms with E-state index in [9.17, 15) is 12.3 Å². The maximum Gasteiger partial charge on any atom is 0.303 e. The van der Waals surface area contributed by atoms with Crippen molar-refractivity contribution < 1.29 is 17.0 Å². The van der Waals surface area contributed by atoms with Gasteiger partial charge in [0.25, 0.3) is 0 Å². The van der Waals surface area contributed by atoms with Crippen molar-refractivity contribution >= 4 is 10.2 Å². The minimum absolute atomic E-state index is 0.287. The lowest BCUT2D eigenvalue weighted by molar-refractivity contribution is 0.272. The molecule has 0 bridgehead atoms. The maximum atomic E-state index is 12.6. The zero-order valence-electron chi connectivity index (χ0n) is 8.02. The van der Waals surface area contributed by atoms with Crippen molar-refractivity contribution in [1.82, 2.24) is 0 Å². The fraction of sp³-hybridized carbons (Fsp3) is 0.400. The quantitative estimate of drug-likeness (QED) is 0.728. The van der Waals surface area contributed by atoms with E-state index in [4.69, 9.17) is 4.74 Å². The minimum atomic E-state index is -4.42. The topological polar surface area (TPSA) is 43.4 Å². The Morgan fingerprint density at radius 2 is 2.13 bits per heavy atom. The van der Waals surface area contributed by atoms with Crippen molar-refractivity contribution in [2.75, 3.05) is 12.4 Å². The van der Waals surface area contributed by atoms with E-state index in [0.29, 0.717) is 18.8 Å². The smallest absolute Gasteiger partial charge is 0.303 e. The van der Waals surface area contributed by atoms with E-state index < -0.39 is 16.0 Å². The molecule has 1 atom stereocenters. The summed E-state index contributed by atoms with van der Waals surface area (Å²) in [5.41, 5.74) is 0.782. The molecule has 0 N–H and O–H groups in total. The highest BCUT2D eigenvalue weighted by Crippen LogP contribution is 2.34. The Hall–Kier alpha value is -1.10. The second kappa shape index (κ2) is 3.81. The summed E-state index contributed by atoms with van der Waals surface area (Å²) in [6.07, 6.45) is 0.542. The van der Waals surface area contributed by atoms with E-state index in [0.717, 1.165) is 5.56 Å². The number of benzene rings is 1. The predicted molar refractivity (Wildman–Crippen MR) is 54.2 cm³/mol. The molecule has 0 amide bonds. The van der Waals surface area contributed by atoms with Gasteiger partial charge in [-0.25, -0.2) is 0 Å². The van der Waals surface area contributed by atoms with E-state index in [1.807, 2.05) is 6.07 Å². The van der Waals surface area contributed by atoms with Crippen molar-refractivity contribution in [3.63, 3.8) is 0 Å². The van der Waals surface area contributed by atoms with Gasteiger partial charge in [-0.1, -0.05) is 18.2 Å². The molecule has 1 aliphatic rings. The highest BCUT2D eigenvalue weighted by molar-refractivity contribution is 7.86. The molecule has 0 spiro atoms. The van der Waals surface area contributed by atoms with Gasteiger partial charge in [0, 0.05) is 5.92 Å². The van der Waals surface area contributed by atoms with E-state index >= 15 is 0 Å². The van der Waals surface area contributed by atoms with Gasteiger partial charge in [0.2, 0.25) is 0 Å². The lowest BCUT2D eigenvalue weighted by atomic mass is 9.95. The van der Waals surface area contributed by atoms with Crippen LogP contribution in [-0.4, -0.2) is 20.8 Å². The fourth-order valence-corrected chi connectivity index (χ4v) is 2.66. The van der Waals surface area contributed by atoms with Crippen LogP contribution in [-0.2, 0) is 10.2 Å². The molecule has 3 nitrogen and oxygen atoms in total. The van der Waals surface area contributed by atoms with Crippen LogP contribution in [0.3, 0.4) is 0 Å². The second-order valence-electron chi connectivity index (χ2n) is 3.58. The van der Waals surface area contributed by atoms with Gasteiger partial charge in [0.15, 0.2) is 0 Å². The van der Waals surface area contributed by atoms with Crippen LogP contribution in [0.1, 0.15) is 17.9 Å². The normalized spacial score (nSPS) is 20.5. The average molecular weight is 230 g/mol. The summed E-state index contributed by atoms with van der Waals surface area (Å²) in [4.78, 5) is 0. The zero-order chi connectivity index (χ0) is 10.9. The third kappa shape index (κ3) is 2.47. The van der Waals surface area contributed by atoms with Gasteiger partial charge >= 0.3 is 10.2 Å². The van der Waals surface area contributed by atoms with Gasteiger partial charge in [-0.05, 0) is 18.1 Å². The molecule has 1 unspecified atom stereocenters. The Balaban J connectivity index is 2.30. The van der Waals surface area contributed by atoms with Crippen LogP contribution in [0.25, 0.3) is 0 Å². The molecule has 0 saturated carbocycles. The summed E-state index contributed by atoms with van der Waals surface area (Å²) in [6.45, 7) is 0.442. The molecule has 1 aliphatic heterocycles. The van der Waals surface area contributed by atoms with Gasteiger partial charge < -0.3 is 4.74 Å². The van der Waals surface area contributed by atoms with Gasteiger partial charge in [-0.2, -0.15) is 8.42 Å².